The van der Waals surface area contributed by atoms with Crippen LogP contribution in [0.2, 0.25) is 5.02 Å². The Labute approximate surface area is 192 Å². The van der Waals surface area contributed by atoms with Gasteiger partial charge in [0, 0.05) is 24.5 Å². The average molecular weight is 477 g/mol. The van der Waals surface area contributed by atoms with Crippen LogP contribution >= 0.6 is 11.6 Å². The van der Waals surface area contributed by atoms with Gasteiger partial charge in [-0.1, -0.05) is 11.6 Å². The zero-order chi connectivity index (χ0) is 23.3. The van der Waals surface area contributed by atoms with Crippen molar-refractivity contribution in [3.05, 3.63) is 64.3 Å². The number of amides is 1. The van der Waals surface area contributed by atoms with Crippen molar-refractivity contribution in [3.8, 4) is 5.82 Å². The largest absolute Gasteiger partial charge is 0.417 e. The van der Waals surface area contributed by atoms with E-state index in [1.165, 1.54) is 17.2 Å². The number of pyridine rings is 2. The molecule has 0 N–H and O–H groups in total. The van der Waals surface area contributed by atoms with Crippen LogP contribution in [-0.2, 0) is 12.6 Å². The first-order valence-electron chi connectivity index (χ1n) is 10.6. The Morgan fingerprint density at radius 2 is 1.91 bits per heavy atom. The average Bonchev–Trinajstić information content (AvgIpc) is 3.50. The molecule has 2 fully saturated rings. The summed E-state index contributed by atoms with van der Waals surface area (Å²) in [7, 11) is 0. The quantitative estimate of drug-likeness (QED) is 0.562. The lowest BCUT2D eigenvalue weighted by molar-refractivity contribution is -0.137. The maximum absolute atomic E-state index is 13.6. The summed E-state index contributed by atoms with van der Waals surface area (Å²) in [6.07, 6.45) is 3.91. The molecular formula is C22H20ClF3N6O. The topological polar surface area (TPSA) is 76.8 Å². The first-order valence-corrected chi connectivity index (χ1v) is 11.0. The van der Waals surface area contributed by atoms with Gasteiger partial charge in [-0.3, -0.25) is 9.78 Å². The first kappa shape index (κ1) is 21.8. The van der Waals surface area contributed by atoms with Gasteiger partial charge in [0.05, 0.1) is 34.2 Å². The molecule has 3 aromatic heterocycles. The molecule has 2 saturated heterocycles. The number of aromatic nitrogens is 5. The summed E-state index contributed by atoms with van der Waals surface area (Å²) in [4.78, 5) is 25.2. The Kier molecular flexibility index (Phi) is 5.35. The molecule has 0 aromatic carbocycles. The van der Waals surface area contributed by atoms with E-state index in [9.17, 15) is 18.0 Å². The van der Waals surface area contributed by atoms with E-state index in [1.807, 2.05) is 11.8 Å². The molecule has 2 aliphatic rings. The molecule has 0 aliphatic carbocycles. The van der Waals surface area contributed by atoms with Gasteiger partial charge in [-0.25, -0.2) is 4.98 Å². The minimum atomic E-state index is -4.49. The summed E-state index contributed by atoms with van der Waals surface area (Å²) in [5.41, 5.74) is 0.827. The number of nitrogens with zero attached hydrogens (tertiary/aromatic N) is 6. The third-order valence-corrected chi connectivity index (χ3v) is 6.77. The minimum absolute atomic E-state index is 0.000372. The van der Waals surface area contributed by atoms with E-state index in [2.05, 4.69) is 20.2 Å². The van der Waals surface area contributed by atoms with Gasteiger partial charge in [-0.15, -0.1) is 4.80 Å². The number of fused-ring (bicyclic) bond motifs is 2. The highest BCUT2D eigenvalue weighted by Crippen LogP contribution is 2.44. The van der Waals surface area contributed by atoms with Crippen molar-refractivity contribution >= 4 is 17.5 Å². The summed E-state index contributed by atoms with van der Waals surface area (Å²) in [6, 6.07) is 2.72. The Morgan fingerprint density at radius 3 is 2.61 bits per heavy atom. The van der Waals surface area contributed by atoms with Crippen LogP contribution in [0.3, 0.4) is 0 Å². The molecule has 3 atom stereocenters. The van der Waals surface area contributed by atoms with E-state index >= 15 is 0 Å². The van der Waals surface area contributed by atoms with E-state index in [-0.39, 0.29) is 28.9 Å². The van der Waals surface area contributed by atoms with Crippen LogP contribution in [0, 0.1) is 12.8 Å². The Hall–Kier alpha value is -3.01. The van der Waals surface area contributed by atoms with E-state index in [1.54, 1.807) is 12.3 Å². The van der Waals surface area contributed by atoms with Gasteiger partial charge in [0.15, 0.2) is 5.82 Å². The molecule has 11 heteroatoms. The van der Waals surface area contributed by atoms with Gasteiger partial charge in [-0.05, 0) is 56.2 Å². The molecule has 0 saturated carbocycles. The summed E-state index contributed by atoms with van der Waals surface area (Å²) in [6.45, 7) is 1.86. The number of alkyl halides is 3. The smallest absolute Gasteiger partial charge is 0.332 e. The van der Waals surface area contributed by atoms with E-state index in [0.717, 1.165) is 37.1 Å². The normalized spacial score (nSPS) is 22.2. The molecule has 1 amide bonds. The van der Waals surface area contributed by atoms with Crippen LogP contribution in [0.1, 0.15) is 46.4 Å². The molecule has 5 heterocycles. The zero-order valence-electron chi connectivity index (χ0n) is 17.6. The highest BCUT2D eigenvalue weighted by molar-refractivity contribution is 6.31. The van der Waals surface area contributed by atoms with Crippen molar-refractivity contribution in [1.29, 1.82) is 0 Å². The van der Waals surface area contributed by atoms with Crippen molar-refractivity contribution < 1.29 is 18.0 Å². The molecule has 7 nitrogen and oxygen atoms in total. The molecule has 5 rings (SSSR count). The second-order valence-corrected chi connectivity index (χ2v) is 8.97. The highest BCUT2D eigenvalue weighted by atomic mass is 35.5. The van der Waals surface area contributed by atoms with Crippen molar-refractivity contribution in [2.75, 3.05) is 0 Å². The number of rotatable bonds is 4. The molecule has 0 spiro atoms. The van der Waals surface area contributed by atoms with Crippen molar-refractivity contribution in [1.82, 2.24) is 29.9 Å². The maximum Gasteiger partial charge on any atom is 0.417 e. The lowest BCUT2D eigenvalue weighted by Crippen LogP contribution is -2.37. The minimum Gasteiger partial charge on any atom is -0.332 e. The first-order chi connectivity index (χ1) is 15.7. The fourth-order valence-corrected chi connectivity index (χ4v) is 5.25. The molecule has 33 heavy (non-hydrogen) atoms. The predicted octanol–water partition coefficient (Wildman–Crippen LogP) is 4.27. The zero-order valence-corrected chi connectivity index (χ0v) is 18.4. The Balaban J connectivity index is 1.40. The van der Waals surface area contributed by atoms with Crippen LogP contribution in [0.15, 0.2) is 36.9 Å². The summed E-state index contributed by atoms with van der Waals surface area (Å²) >= 11 is 6.14. The van der Waals surface area contributed by atoms with Crippen LogP contribution in [0.25, 0.3) is 5.82 Å². The third-order valence-electron chi connectivity index (χ3n) is 6.44. The summed E-state index contributed by atoms with van der Waals surface area (Å²) in [5.74, 6) is 0.296. The van der Waals surface area contributed by atoms with Gasteiger partial charge in [0.2, 0.25) is 0 Å². The molecule has 172 valence electrons. The fourth-order valence-electron chi connectivity index (χ4n) is 5.01. The van der Waals surface area contributed by atoms with E-state index in [4.69, 9.17) is 11.6 Å². The van der Waals surface area contributed by atoms with Gasteiger partial charge in [0.1, 0.15) is 0 Å². The molecule has 0 radical (unpaired) electrons. The van der Waals surface area contributed by atoms with Gasteiger partial charge in [-0.2, -0.15) is 23.4 Å². The molecule has 2 aliphatic heterocycles. The van der Waals surface area contributed by atoms with Crippen molar-refractivity contribution in [3.63, 3.8) is 0 Å². The van der Waals surface area contributed by atoms with E-state index in [0.29, 0.717) is 23.5 Å². The lowest BCUT2D eigenvalue weighted by Gasteiger charge is -2.25. The lowest BCUT2D eigenvalue weighted by atomic mass is 9.86. The van der Waals surface area contributed by atoms with Gasteiger partial charge >= 0.3 is 6.18 Å². The fraction of sp³-hybridized carbons (Fsp3) is 0.409. The summed E-state index contributed by atoms with van der Waals surface area (Å²) in [5, 5.41) is 8.23. The van der Waals surface area contributed by atoms with Crippen LogP contribution in [-0.4, -0.2) is 47.9 Å². The second-order valence-electron chi connectivity index (χ2n) is 8.56. The monoisotopic (exact) mass is 476 g/mol. The number of hydrogen-bond donors (Lipinski definition) is 0. The number of halogens is 4. The van der Waals surface area contributed by atoms with Crippen LogP contribution < -0.4 is 0 Å². The Morgan fingerprint density at radius 1 is 1.15 bits per heavy atom. The predicted molar refractivity (Wildman–Crippen MR) is 113 cm³/mol. The summed E-state index contributed by atoms with van der Waals surface area (Å²) < 4.78 is 38.8. The molecule has 3 unspecified atom stereocenters. The van der Waals surface area contributed by atoms with Gasteiger partial charge < -0.3 is 4.90 Å². The Bertz CT molecular complexity index is 1200. The standard InChI is InChI=1S/C22H20ClF3N6O/c1-12-6-16(20(28-10-12)32-29-4-5-30-32)21(33)31-15-2-3-19(31)13(7-15)8-18-17(23)9-14(11-27-18)22(24,25)26/h4-6,9-11,13,15,19H,2-3,7-8H2,1H3. The van der Waals surface area contributed by atoms with Crippen LogP contribution in [0.4, 0.5) is 13.2 Å². The van der Waals surface area contributed by atoms with Crippen molar-refractivity contribution in [2.45, 2.75) is 50.9 Å². The molecule has 3 aromatic rings. The second kappa shape index (κ2) is 8.09. The number of aryl methyl sites for hydroxylation is 1. The third kappa shape index (κ3) is 3.96. The number of hydrogen-bond acceptors (Lipinski definition) is 5. The van der Waals surface area contributed by atoms with Gasteiger partial charge in [0.25, 0.3) is 5.91 Å². The van der Waals surface area contributed by atoms with Crippen LogP contribution in [0.5, 0.6) is 0 Å². The highest BCUT2D eigenvalue weighted by Gasteiger charge is 2.49. The SMILES string of the molecule is Cc1cnc(-n2nccn2)c(C(=O)N2C3CCC2C(Cc2ncc(C(F)(F)F)cc2Cl)C3)c1. The molecular weight excluding hydrogens is 457 g/mol. The van der Waals surface area contributed by atoms with Crippen molar-refractivity contribution in [2.24, 2.45) is 5.92 Å². The number of carbonyl (C=O) groups is 1. The molecule has 2 bridgehead atoms. The maximum atomic E-state index is 13.6. The van der Waals surface area contributed by atoms with E-state index < -0.39 is 11.7 Å². The number of carbonyl (C=O) groups excluding carboxylic acids is 1.